The van der Waals surface area contributed by atoms with Gasteiger partial charge in [0.15, 0.2) is 0 Å². The van der Waals surface area contributed by atoms with Gasteiger partial charge in [-0.05, 0) is 18.6 Å². The highest BCUT2D eigenvalue weighted by atomic mass is 32.2. The van der Waals surface area contributed by atoms with Gasteiger partial charge in [0.05, 0.1) is 0 Å². The molecule has 3 heteroatoms. The number of nitrogens with zero attached hydrogens (tertiary/aromatic N) is 1. The molecule has 2 rings (SSSR count). The van der Waals surface area contributed by atoms with Crippen molar-refractivity contribution in [1.82, 2.24) is 5.32 Å². The molecule has 1 aromatic rings. The Hall–Kier alpha value is -0.670. The van der Waals surface area contributed by atoms with Crippen molar-refractivity contribution in [2.24, 2.45) is 0 Å². The van der Waals surface area contributed by atoms with E-state index in [2.05, 4.69) is 60.9 Å². The van der Waals surface area contributed by atoms with Crippen LogP contribution in [-0.2, 0) is 6.54 Å². The molecule has 1 N–H and O–H groups in total. The van der Waals surface area contributed by atoms with Crippen LogP contribution in [0.15, 0.2) is 18.2 Å². The summed E-state index contributed by atoms with van der Waals surface area (Å²) >= 11 is 2.06. The number of hydrogen-bond donors (Lipinski definition) is 1. The van der Waals surface area contributed by atoms with Crippen LogP contribution in [0.2, 0.25) is 0 Å². The molecule has 1 heterocycles. The van der Waals surface area contributed by atoms with Crippen LogP contribution in [0.3, 0.4) is 0 Å². The van der Waals surface area contributed by atoms with Crippen LogP contribution in [0.1, 0.15) is 25.0 Å². The highest BCUT2D eigenvalue weighted by Gasteiger charge is 2.14. The average Bonchev–Trinajstić information content (AvgIpc) is 2.37. The Kier molecular flexibility index (Phi) is 4.95. The number of anilines is 1. The van der Waals surface area contributed by atoms with Crippen molar-refractivity contribution >= 4 is 17.4 Å². The largest absolute Gasteiger partial charge is 0.370 e. The maximum Gasteiger partial charge on any atom is 0.0412 e. The fourth-order valence-electron chi connectivity index (χ4n) is 2.28. The van der Waals surface area contributed by atoms with Gasteiger partial charge in [-0.2, -0.15) is 11.8 Å². The first-order valence-corrected chi connectivity index (χ1v) is 7.98. The predicted molar refractivity (Wildman–Crippen MR) is 82.7 cm³/mol. The van der Waals surface area contributed by atoms with E-state index in [0.29, 0.717) is 6.04 Å². The van der Waals surface area contributed by atoms with Crippen molar-refractivity contribution in [2.45, 2.75) is 33.4 Å². The molecule has 0 saturated carbocycles. The number of hydrogen-bond acceptors (Lipinski definition) is 3. The summed E-state index contributed by atoms with van der Waals surface area (Å²) < 4.78 is 0. The van der Waals surface area contributed by atoms with Crippen LogP contribution in [0.25, 0.3) is 0 Å². The summed E-state index contributed by atoms with van der Waals surface area (Å²) in [6, 6.07) is 7.39. The van der Waals surface area contributed by atoms with E-state index in [-0.39, 0.29) is 0 Å². The van der Waals surface area contributed by atoms with E-state index < -0.39 is 0 Å². The van der Waals surface area contributed by atoms with Crippen LogP contribution in [0.5, 0.6) is 0 Å². The highest BCUT2D eigenvalue weighted by Crippen LogP contribution is 2.25. The molecule has 0 aromatic heterocycles. The van der Waals surface area contributed by atoms with Crippen LogP contribution < -0.4 is 10.2 Å². The molecule has 1 fully saturated rings. The summed E-state index contributed by atoms with van der Waals surface area (Å²) in [5.41, 5.74) is 4.22. The number of nitrogens with one attached hydrogen (secondary N) is 1. The molecule has 0 spiro atoms. The lowest BCUT2D eigenvalue weighted by molar-refractivity contribution is 0.588. The Balaban J connectivity index is 2.16. The second kappa shape index (κ2) is 6.48. The van der Waals surface area contributed by atoms with Crippen molar-refractivity contribution in [3.8, 4) is 0 Å². The predicted octanol–water partition coefficient (Wildman–Crippen LogP) is 3.05. The third-order valence-electron chi connectivity index (χ3n) is 3.29. The van der Waals surface area contributed by atoms with Gasteiger partial charge >= 0.3 is 0 Å². The van der Waals surface area contributed by atoms with Gasteiger partial charge < -0.3 is 10.2 Å². The second-order valence-electron chi connectivity index (χ2n) is 5.27. The Morgan fingerprint density at radius 1 is 1.28 bits per heavy atom. The van der Waals surface area contributed by atoms with E-state index in [1.807, 2.05) is 0 Å². The molecule has 1 aliphatic heterocycles. The molecule has 0 aliphatic carbocycles. The minimum Gasteiger partial charge on any atom is -0.370 e. The van der Waals surface area contributed by atoms with Gasteiger partial charge in [0.2, 0.25) is 0 Å². The Labute approximate surface area is 115 Å². The number of rotatable bonds is 4. The van der Waals surface area contributed by atoms with Crippen molar-refractivity contribution in [1.29, 1.82) is 0 Å². The Morgan fingerprint density at radius 3 is 2.67 bits per heavy atom. The molecule has 0 bridgehead atoms. The first-order valence-electron chi connectivity index (χ1n) is 6.82. The number of thioether (sulfide) groups is 1. The molecular weight excluding hydrogens is 240 g/mol. The summed E-state index contributed by atoms with van der Waals surface area (Å²) in [5.74, 6) is 2.51. The molecule has 1 saturated heterocycles. The molecule has 1 aliphatic rings. The monoisotopic (exact) mass is 264 g/mol. The summed E-state index contributed by atoms with van der Waals surface area (Å²) in [7, 11) is 0. The lowest BCUT2D eigenvalue weighted by atomic mass is 10.1. The second-order valence-corrected chi connectivity index (χ2v) is 6.49. The van der Waals surface area contributed by atoms with Crippen LogP contribution in [-0.4, -0.2) is 30.6 Å². The van der Waals surface area contributed by atoms with Crippen molar-refractivity contribution < 1.29 is 0 Å². The summed E-state index contributed by atoms with van der Waals surface area (Å²) in [5, 5.41) is 3.54. The highest BCUT2D eigenvalue weighted by molar-refractivity contribution is 7.99. The van der Waals surface area contributed by atoms with Gasteiger partial charge in [-0.1, -0.05) is 31.5 Å². The standard InChI is InChI=1S/C15H24N2S/c1-12(2)16-11-14-10-13(3)4-5-15(14)17-6-8-18-9-7-17/h4-5,10,12,16H,6-9,11H2,1-3H3. The molecule has 100 valence electrons. The number of benzene rings is 1. The third-order valence-corrected chi connectivity index (χ3v) is 4.23. The SMILES string of the molecule is Cc1ccc(N2CCSCC2)c(CNC(C)C)c1. The molecule has 0 radical (unpaired) electrons. The van der Waals surface area contributed by atoms with Crippen molar-refractivity contribution in [2.75, 3.05) is 29.5 Å². The minimum absolute atomic E-state index is 0.537. The average molecular weight is 264 g/mol. The third kappa shape index (κ3) is 3.66. The molecule has 18 heavy (non-hydrogen) atoms. The lowest BCUT2D eigenvalue weighted by Crippen LogP contribution is -2.34. The van der Waals surface area contributed by atoms with Crippen molar-refractivity contribution in [3.63, 3.8) is 0 Å². The normalized spacial score (nSPS) is 16.3. The lowest BCUT2D eigenvalue weighted by Gasteiger charge is -2.31. The fraction of sp³-hybridized carbons (Fsp3) is 0.600. The van der Waals surface area contributed by atoms with E-state index in [9.17, 15) is 0 Å². The molecule has 2 nitrogen and oxygen atoms in total. The smallest absolute Gasteiger partial charge is 0.0412 e. The van der Waals surface area contributed by atoms with Crippen LogP contribution in [0, 0.1) is 6.92 Å². The minimum atomic E-state index is 0.537. The Morgan fingerprint density at radius 2 is 2.00 bits per heavy atom. The van der Waals surface area contributed by atoms with E-state index in [0.717, 1.165) is 6.54 Å². The molecule has 1 aromatic carbocycles. The Bertz CT molecular complexity index is 384. The zero-order valence-corrected chi connectivity index (χ0v) is 12.5. The summed E-state index contributed by atoms with van der Waals surface area (Å²) in [4.78, 5) is 2.54. The van der Waals surface area contributed by atoms with Gasteiger partial charge in [-0.3, -0.25) is 0 Å². The molecule has 0 atom stereocenters. The van der Waals surface area contributed by atoms with Gasteiger partial charge in [0, 0.05) is 42.9 Å². The summed E-state index contributed by atoms with van der Waals surface area (Å²) in [6.07, 6.45) is 0. The number of aryl methyl sites for hydroxylation is 1. The quantitative estimate of drug-likeness (QED) is 0.900. The van der Waals surface area contributed by atoms with E-state index in [4.69, 9.17) is 0 Å². The zero-order chi connectivity index (χ0) is 13.0. The van der Waals surface area contributed by atoms with E-state index in [1.54, 1.807) is 0 Å². The topological polar surface area (TPSA) is 15.3 Å². The zero-order valence-electron chi connectivity index (χ0n) is 11.7. The van der Waals surface area contributed by atoms with Gasteiger partial charge in [-0.15, -0.1) is 0 Å². The van der Waals surface area contributed by atoms with Crippen LogP contribution in [0.4, 0.5) is 5.69 Å². The maximum absolute atomic E-state index is 3.54. The molecule has 0 unspecified atom stereocenters. The van der Waals surface area contributed by atoms with Crippen molar-refractivity contribution in [3.05, 3.63) is 29.3 Å². The molecule has 0 amide bonds. The maximum atomic E-state index is 3.54. The van der Waals surface area contributed by atoms with Crippen LogP contribution >= 0.6 is 11.8 Å². The first-order chi connectivity index (χ1) is 8.66. The summed E-state index contributed by atoms with van der Waals surface area (Å²) in [6.45, 7) is 9.91. The molecular formula is C15H24N2S. The van der Waals surface area contributed by atoms with Gasteiger partial charge in [0.25, 0.3) is 0 Å². The van der Waals surface area contributed by atoms with Gasteiger partial charge in [-0.25, -0.2) is 0 Å². The van der Waals surface area contributed by atoms with E-state index >= 15 is 0 Å². The van der Waals surface area contributed by atoms with Gasteiger partial charge in [0.1, 0.15) is 0 Å². The fourth-order valence-corrected chi connectivity index (χ4v) is 3.19. The van der Waals surface area contributed by atoms with E-state index in [1.165, 1.54) is 41.4 Å². The first kappa shape index (κ1) is 13.8.